The number of aryl methyl sites for hydroxylation is 2. The Hall–Kier alpha value is -1.76. The smallest absolute Gasteiger partial charge is 0.232 e. The van der Waals surface area contributed by atoms with Crippen LogP contribution >= 0.6 is 23.2 Å². The predicted octanol–water partition coefficient (Wildman–Crippen LogP) is 4.80. The van der Waals surface area contributed by atoms with Crippen molar-refractivity contribution in [3.8, 4) is 0 Å². The van der Waals surface area contributed by atoms with E-state index in [0.717, 1.165) is 11.1 Å². The van der Waals surface area contributed by atoms with E-state index >= 15 is 0 Å². The molecule has 0 radical (unpaired) electrons. The normalized spacial score (nSPS) is 11.3. The van der Waals surface area contributed by atoms with Crippen molar-refractivity contribution in [3.05, 3.63) is 57.6 Å². The molecule has 0 saturated carbocycles. The first kappa shape index (κ1) is 21.5. The van der Waals surface area contributed by atoms with Gasteiger partial charge in [0.1, 0.15) is 0 Å². The van der Waals surface area contributed by atoms with E-state index in [0.29, 0.717) is 27.8 Å². The molecule has 0 aliphatic carbocycles. The third-order valence-corrected chi connectivity index (χ3v) is 5.84. The zero-order chi connectivity index (χ0) is 20.2. The zero-order valence-electron chi connectivity index (χ0n) is 15.4. The lowest BCUT2D eigenvalue weighted by molar-refractivity contribution is -0.116. The number of carbonyl (C=O) groups excluding carboxylic acids is 1. The first-order chi connectivity index (χ1) is 12.6. The van der Waals surface area contributed by atoms with Gasteiger partial charge in [0.2, 0.25) is 15.9 Å². The van der Waals surface area contributed by atoms with Gasteiger partial charge in [-0.05, 0) is 49.6 Å². The molecule has 0 fully saturated rings. The van der Waals surface area contributed by atoms with Gasteiger partial charge >= 0.3 is 0 Å². The number of para-hydroxylation sites is 1. The van der Waals surface area contributed by atoms with Gasteiger partial charge in [-0.25, -0.2) is 8.42 Å². The molecule has 2 aromatic rings. The van der Waals surface area contributed by atoms with Crippen LogP contribution in [0.15, 0.2) is 36.4 Å². The lowest BCUT2D eigenvalue weighted by atomic mass is 10.1. The fourth-order valence-corrected chi connectivity index (χ4v) is 4.16. The molecule has 2 aromatic carbocycles. The number of carbonyl (C=O) groups is 1. The molecule has 0 aromatic heterocycles. The predicted molar refractivity (Wildman–Crippen MR) is 112 cm³/mol. The first-order valence-electron chi connectivity index (χ1n) is 8.38. The number of sulfonamides is 1. The molecular formula is C19H22Cl2N2O3S. The fraction of sp³-hybridized carbons (Fsp3) is 0.316. The van der Waals surface area contributed by atoms with Crippen LogP contribution in [0.1, 0.15) is 24.0 Å². The van der Waals surface area contributed by atoms with Gasteiger partial charge in [0, 0.05) is 13.0 Å². The number of hydrogen-bond acceptors (Lipinski definition) is 3. The summed E-state index contributed by atoms with van der Waals surface area (Å²) in [4.78, 5) is 12.2. The van der Waals surface area contributed by atoms with Gasteiger partial charge in [0.15, 0.2) is 0 Å². The van der Waals surface area contributed by atoms with Gasteiger partial charge in [-0.3, -0.25) is 9.10 Å². The van der Waals surface area contributed by atoms with Crippen LogP contribution in [0.2, 0.25) is 10.0 Å². The number of rotatable bonds is 7. The Morgan fingerprint density at radius 2 is 1.74 bits per heavy atom. The van der Waals surface area contributed by atoms with Gasteiger partial charge in [-0.2, -0.15) is 0 Å². The van der Waals surface area contributed by atoms with Gasteiger partial charge < -0.3 is 5.32 Å². The number of hydrogen-bond donors (Lipinski definition) is 1. The van der Waals surface area contributed by atoms with Crippen LogP contribution in [0, 0.1) is 13.8 Å². The lowest BCUT2D eigenvalue weighted by Gasteiger charge is -2.24. The molecule has 8 heteroatoms. The van der Waals surface area contributed by atoms with E-state index in [4.69, 9.17) is 23.2 Å². The third-order valence-electron chi connectivity index (χ3n) is 4.03. The zero-order valence-corrected chi connectivity index (χ0v) is 17.7. The summed E-state index contributed by atoms with van der Waals surface area (Å²) in [6.07, 6.45) is 1.66. The molecule has 2 rings (SSSR count). The van der Waals surface area contributed by atoms with Crippen LogP contribution in [0.3, 0.4) is 0 Å². The molecule has 1 amide bonds. The average molecular weight is 429 g/mol. The maximum Gasteiger partial charge on any atom is 0.232 e. The highest BCUT2D eigenvalue weighted by Gasteiger charge is 2.20. The SMILES string of the molecule is Cc1ccc(C)c(N(CCCC(=O)Nc2c(Cl)cccc2Cl)S(C)(=O)=O)c1. The average Bonchev–Trinajstić information content (AvgIpc) is 2.56. The summed E-state index contributed by atoms with van der Waals surface area (Å²) >= 11 is 12.1. The number of nitrogens with one attached hydrogen (secondary N) is 1. The maximum atomic E-state index is 12.2. The molecular weight excluding hydrogens is 407 g/mol. The summed E-state index contributed by atoms with van der Waals surface area (Å²) < 4.78 is 25.8. The Kier molecular flexibility index (Phi) is 7.14. The first-order valence-corrected chi connectivity index (χ1v) is 11.0. The number of nitrogens with zero attached hydrogens (tertiary/aromatic N) is 1. The van der Waals surface area contributed by atoms with E-state index in [1.807, 2.05) is 32.0 Å². The quantitative estimate of drug-likeness (QED) is 0.688. The highest BCUT2D eigenvalue weighted by Crippen LogP contribution is 2.30. The van der Waals surface area contributed by atoms with Crippen LogP contribution in [0.4, 0.5) is 11.4 Å². The summed E-state index contributed by atoms with van der Waals surface area (Å²) in [6.45, 7) is 3.97. The third kappa shape index (κ3) is 5.86. The topological polar surface area (TPSA) is 66.5 Å². The Bertz CT molecular complexity index is 926. The van der Waals surface area contributed by atoms with Crippen molar-refractivity contribution in [3.63, 3.8) is 0 Å². The second-order valence-corrected chi connectivity index (χ2v) is 9.09. The largest absolute Gasteiger partial charge is 0.324 e. The molecule has 1 N–H and O–H groups in total. The van der Waals surface area contributed by atoms with Crippen molar-refractivity contribution in [1.29, 1.82) is 0 Å². The van der Waals surface area contributed by atoms with Crippen LogP contribution in [-0.4, -0.2) is 27.1 Å². The second-order valence-electron chi connectivity index (χ2n) is 6.37. The van der Waals surface area contributed by atoms with E-state index in [2.05, 4.69) is 5.32 Å². The summed E-state index contributed by atoms with van der Waals surface area (Å²) in [5.74, 6) is -0.278. The minimum absolute atomic E-state index is 0.137. The summed E-state index contributed by atoms with van der Waals surface area (Å²) in [7, 11) is -3.47. The summed E-state index contributed by atoms with van der Waals surface area (Å²) in [5.41, 5.74) is 2.82. The van der Waals surface area contributed by atoms with Gasteiger partial charge in [-0.15, -0.1) is 0 Å². The monoisotopic (exact) mass is 428 g/mol. The second kappa shape index (κ2) is 8.95. The lowest BCUT2D eigenvalue weighted by Crippen LogP contribution is -2.32. The Labute approximate surface area is 170 Å². The molecule has 0 heterocycles. The Balaban J connectivity index is 2.06. The van der Waals surface area contributed by atoms with Crippen LogP contribution in [0.5, 0.6) is 0 Å². The molecule has 0 spiro atoms. The summed E-state index contributed by atoms with van der Waals surface area (Å²) in [6, 6.07) is 10.6. The minimum Gasteiger partial charge on any atom is -0.324 e. The van der Waals surface area contributed by atoms with E-state index in [9.17, 15) is 13.2 Å². The number of amides is 1. The van der Waals surface area contributed by atoms with Gasteiger partial charge in [0.05, 0.1) is 27.7 Å². The molecule has 0 unspecified atom stereocenters. The number of anilines is 2. The molecule has 0 bridgehead atoms. The highest BCUT2D eigenvalue weighted by atomic mass is 35.5. The van der Waals surface area contributed by atoms with Crippen molar-refractivity contribution in [2.24, 2.45) is 0 Å². The Morgan fingerprint density at radius 3 is 2.33 bits per heavy atom. The maximum absolute atomic E-state index is 12.2. The number of halogens is 2. The summed E-state index contributed by atoms with van der Waals surface area (Å²) in [5, 5.41) is 3.38. The standard InChI is InChI=1S/C19H22Cl2N2O3S/c1-13-9-10-14(2)17(12-13)23(27(3,25)26)11-5-8-18(24)22-19-15(20)6-4-7-16(19)21/h4,6-7,9-10,12H,5,8,11H2,1-3H3,(H,22,24). The molecule has 5 nitrogen and oxygen atoms in total. The fourth-order valence-electron chi connectivity index (χ4n) is 2.66. The number of benzene rings is 2. The molecule has 146 valence electrons. The van der Waals surface area contributed by atoms with E-state index in [-0.39, 0.29) is 18.9 Å². The molecule has 27 heavy (non-hydrogen) atoms. The van der Waals surface area contributed by atoms with Crippen molar-refractivity contribution in [2.45, 2.75) is 26.7 Å². The van der Waals surface area contributed by atoms with Crippen molar-refractivity contribution in [1.82, 2.24) is 0 Å². The van der Waals surface area contributed by atoms with Crippen LogP contribution in [-0.2, 0) is 14.8 Å². The molecule has 0 saturated heterocycles. The highest BCUT2D eigenvalue weighted by molar-refractivity contribution is 7.92. The van der Waals surface area contributed by atoms with Crippen molar-refractivity contribution in [2.75, 3.05) is 22.4 Å². The molecule has 0 aliphatic rings. The van der Waals surface area contributed by atoms with Gasteiger partial charge in [0.25, 0.3) is 0 Å². The molecule has 0 aliphatic heterocycles. The van der Waals surface area contributed by atoms with E-state index < -0.39 is 10.0 Å². The van der Waals surface area contributed by atoms with Crippen molar-refractivity contribution >= 4 is 50.5 Å². The van der Waals surface area contributed by atoms with Crippen LogP contribution in [0.25, 0.3) is 0 Å². The molecule has 0 atom stereocenters. The van der Waals surface area contributed by atoms with E-state index in [1.165, 1.54) is 10.6 Å². The Morgan fingerprint density at radius 1 is 1.11 bits per heavy atom. The minimum atomic E-state index is -3.47. The van der Waals surface area contributed by atoms with Crippen LogP contribution < -0.4 is 9.62 Å². The van der Waals surface area contributed by atoms with Crippen molar-refractivity contribution < 1.29 is 13.2 Å². The van der Waals surface area contributed by atoms with E-state index in [1.54, 1.807) is 18.2 Å². The van der Waals surface area contributed by atoms with Gasteiger partial charge in [-0.1, -0.05) is 41.4 Å².